The number of hydrogen-bond donors (Lipinski definition) is 2. The highest BCUT2D eigenvalue weighted by atomic mass is 16.5. The number of amidine groups is 1. The first-order chi connectivity index (χ1) is 4.72. The zero-order valence-corrected chi connectivity index (χ0v) is 6.37. The average Bonchev–Trinajstić information content (AvgIpc) is 1.98. The van der Waals surface area contributed by atoms with Gasteiger partial charge in [-0.1, -0.05) is 12.1 Å². The highest BCUT2D eigenvalue weighted by molar-refractivity contribution is 5.81. The Balaban J connectivity index is 3.51. The van der Waals surface area contributed by atoms with E-state index in [0.29, 0.717) is 13.2 Å². The van der Waals surface area contributed by atoms with E-state index in [2.05, 4.69) is 5.16 Å². The lowest BCUT2D eigenvalue weighted by atomic mass is 10.2. The van der Waals surface area contributed by atoms with Crippen molar-refractivity contribution >= 4 is 5.84 Å². The van der Waals surface area contributed by atoms with E-state index < -0.39 is 0 Å². The SMILES string of the molecule is CCOCC(C)/C(N)=N/O. The van der Waals surface area contributed by atoms with Crippen LogP contribution in [0.15, 0.2) is 5.16 Å². The molecular formula is C6H14N2O2. The molecule has 60 valence electrons. The normalized spacial score (nSPS) is 15.2. The van der Waals surface area contributed by atoms with Crippen LogP contribution < -0.4 is 5.73 Å². The van der Waals surface area contributed by atoms with E-state index >= 15 is 0 Å². The fourth-order valence-corrected chi connectivity index (χ4v) is 0.479. The fraction of sp³-hybridized carbons (Fsp3) is 0.833. The minimum Gasteiger partial charge on any atom is -0.409 e. The Labute approximate surface area is 60.7 Å². The van der Waals surface area contributed by atoms with Gasteiger partial charge in [-0.3, -0.25) is 0 Å². The van der Waals surface area contributed by atoms with Crippen LogP contribution in [0, 0.1) is 5.92 Å². The molecule has 0 heterocycles. The third kappa shape index (κ3) is 3.29. The third-order valence-electron chi connectivity index (χ3n) is 1.19. The summed E-state index contributed by atoms with van der Waals surface area (Å²) in [5.41, 5.74) is 5.28. The van der Waals surface area contributed by atoms with Gasteiger partial charge in [-0.15, -0.1) is 0 Å². The van der Waals surface area contributed by atoms with E-state index in [1.807, 2.05) is 13.8 Å². The molecule has 3 N–H and O–H groups in total. The van der Waals surface area contributed by atoms with Crippen molar-refractivity contribution in [3.05, 3.63) is 0 Å². The Morgan fingerprint density at radius 2 is 2.40 bits per heavy atom. The number of rotatable bonds is 4. The summed E-state index contributed by atoms with van der Waals surface area (Å²) in [5, 5.41) is 11.1. The van der Waals surface area contributed by atoms with Crippen molar-refractivity contribution in [2.24, 2.45) is 16.8 Å². The van der Waals surface area contributed by atoms with E-state index in [1.54, 1.807) is 0 Å². The number of nitrogens with two attached hydrogens (primary N) is 1. The molecule has 10 heavy (non-hydrogen) atoms. The van der Waals surface area contributed by atoms with Gasteiger partial charge < -0.3 is 15.7 Å². The highest BCUT2D eigenvalue weighted by Gasteiger charge is 2.05. The number of oxime groups is 1. The average molecular weight is 146 g/mol. The molecule has 1 unspecified atom stereocenters. The van der Waals surface area contributed by atoms with Gasteiger partial charge in [0.25, 0.3) is 0 Å². The Bertz CT molecular complexity index is 114. The van der Waals surface area contributed by atoms with Crippen molar-refractivity contribution in [2.75, 3.05) is 13.2 Å². The van der Waals surface area contributed by atoms with Crippen molar-refractivity contribution in [3.8, 4) is 0 Å². The van der Waals surface area contributed by atoms with Crippen molar-refractivity contribution < 1.29 is 9.94 Å². The van der Waals surface area contributed by atoms with Crippen LogP contribution in [0.1, 0.15) is 13.8 Å². The third-order valence-corrected chi connectivity index (χ3v) is 1.19. The summed E-state index contributed by atoms with van der Waals surface area (Å²) in [7, 11) is 0. The van der Waals surface area contributed by atoms with Gasteiger partial charge >= 0.3 is 0 Å². The van der Waals surface area contributed by atoms with Crippen LogP contribution in [0.5, 0.6) is 0 Å². The maximum atomic E-state index is 8.21. The fourth-order valence-electron chi connectivity index (χ4n) is 0.479. The lowest BCUT2D eigenvalue weighted by Gasteiger charge is -2.07. The van der Waals surface area contributed by atoms with Crippen LogP contribution in [0.25, 0.3) is 0 Å². The van der Waals surface area contributed by atoms with Gasteiger partial charge in [0.15, 0.2) is 0 Å². The van der Waals surface area contributed by atoms with Crippen LogP contribution in [0.4, 0.5) is 0 Å². The molecule has 0 aliphatic carbocycles. The second-order valence-electron chi connectivity index (χ2n) is 2.09. The molecule has 0 fully saturated rings. The zero-order valence-electron chi connectivity index (χ0n) is 6.37. The largest absolute Gasteiger partial charge is 0.409 e. The van der Waals surface area contributed by atoms with Crippen LogP contribution in [-0.4, -0.2) is 24.3 Å². The van der Waals surface area contributed by atoms with Crippen molar-refractivity contribution in [1.82, 2.24) is 0 Å². The molecule has 0 aromatic heterocycles. The quantitative estimate of drug-likeness (QED) is 0.261. The first-order valence-corrected chi connectivity index (χ1v) is 3.27. The van der Waals surface area contributed by atoms with Gasteiger partial charge in [0.1, 0.15) is 5.84 Å². The highest BCUT2D eigenvalue weighted by Crippen LogP contribution is 1.94. The molecule has 1 atom stereocenters. The van der Waals surface area contributed by atoms with Crippen LogP contribution in [0.3, 0.4) is 0 Å². The number of nitrogens with zero attached hydrogens (tertiary/aromatic N) is 1. The molecule has 0 radical (unpaired) electrons. The number of ether oxygens (including phenoxy) is 1. The van der Waals surface area contributed by atoms with Gasteiger partial charge in [-0.25, -0.2) is 0 Å². The molecule has 0 saturated heterocycles. The van der Waals surface area contributed by atoms with E-state index in [4.69, 9.17) is 15.7 Å². The molecule has 0 bridgehead atoms. The van der Waals surface area contributed by atoms with E-state index in [0.717, 1.165) is 0 Å². The van der Waals surface area contributed by atoms with Crippen LogP contribution in [-0.2, 0) is 4.74 Å². The molecule has 4 nitrogen and oxygen atoms in total. The van der Waals surface area contributed by atoms with Crippen molar-refractivity contribution in [1.29, 1.82) is 0 Å². The van der Waals surface area contributed by atoms with Gasteiger partial charge in [0, 0.05) is 12.5 Å². The molecule has 0 aromatic rings. The van der Waals surface area contributed by atoms with Gasteiger partial charge in [0.05, 0.1) is 6.61 Å². The molecule has 4 heteroatoms. The van der Waals surface area contributed by atoms with Crippen molar-refractivity contribution in [2.45, 2.75) is 13.8 Å². The summed E-state index contributed by atoms with van der Waals surface area (Å²) in [6.45, 7) is 4.90. The van der Waals surface area contributed by atoms with Gasteiger partial charge in [-0.05, 0) is 6.92 Å². The predicted octanol–water partition coefficient (Wildman–Crippen LogP) is 0.405. The second kappa shape index (κ2) is 5.05. The molecule has 0 aliphatic rings. The zero-order chi connectivity index (χ0) is 7.98. The Morgan fingerprint density at radius 3 is 2.80 bits per heavy atom. The van der Waals surface area contributed by atoms with Gasteiger partial charge in [-0.2, -0.15) is 0 Å². The second-order valence-corrected chi connectivity index (χ2v) is 2.09. The minimum absolute atomic E-state index is 0.00931. The summed E-state index contributed by atoms with van der Waals surface area (Å²) >= 11 is 0. The Hall–Kier alpha value is -0.770. The van der Waals surface area contributed by atoms with Gasteiger partial charge in [0.2, 0.25) is 0 Å². The topological polar surface area (TPSA) is 67.8 Å². The van der Waals surface area contributed by atoms with E-state index in [1.165, 1.54) is 0 Å². The monoisotopic (exact) mass is 146 g/mol. The Kier molecular flexibility index (Phi) is 4.66. The first-order valence-electron chi connectivity index (χ1n) is 3.27. The summed E-state index contributed by atoms with van der Waals surface area (Å²) in [6.07, 6.45) is 0. The summed E-state index contributed by atoms with van der Waals surface area (Å²) in [5.74, 6) is 0.207. The van der Waals surface area contributed by atoms with E-state index in [9.17, 15) is 0 Å². The molecule has 0 aromatic carbocycles. The lowest BCUT2D eigenvalue weighted by Crippen LogP contribution is -2.25. The molecule has 0 amide bonds. The maximum absolute atomic E-state index is 8.21. The van der Waals surface area contributed by atoms with Crippen LogP contribution in [0.2, 0.25) is 0 Å². The predicted molar refractivity (Wildman–Crippen MR) is 39.1 cm³/mol. The van der Waals surface area contributed by atoms with E-state index in [-0.39, 0.29) is 11.8 Å². The Morgan fingerprint density at radius 1 is 1.80 bits per heavy atom. The van der Waals surface area contributed by atoms with Crippen molar-refractivity contribution in [3.63, 3.8) is 0 Å². The first kappa shape index (κ1) is 9.23. The molecule has 0 aliphatic heterocycles. The number of hydrogen-bond acceptors (Lipinski definition) is 3. The minimum atomic E-state index is -0.00931. The molecule has 0 saturated carbocycles. The molecule has 0 spiro atoms. The standard InChI is InChI=1S/C6H14N2O2/c1-3-10-4-5(2)6(7)8-9/h5,9H,3-4H2,1-2H3,(H2,7,8). The maximum Gasteiger partial charge on any atom is 0.144 e. The smallest absolute Gasteiger partial charge is 0.144 e. The molecule has 0 rings (SSSR count). The van der Waals surface area contributed by atoms with Crippen LogP contribution >= 0.6 is 0 Å². The summed E-state index contributed by atoms with van der Waals surface area (Å²) in [4.78, 5) is 0. The summed E-state index contributed by atoms with van der Waals surface area (Å²) < 4.78 is 5.05. The lowest BCUT2D eigenvalue weighted by molar-refractivity contribution is 0.132. The molecular weight excluding hydrogens is 132 g/mol. The summed E-state index contributed by atoms with van der Waals surface area (Å²) in [6, 6.07) is 0.